The van der Waals surface area contributed by atoms with E-state index < -0.39 is 5.97 Å². The number of carboxylic acid groups (broad SMARTS) is 1. The molecule has 0 spiro atoms. The molecule has 0 saturated heterocycles. The molecule has 0 radical (unpaired) electrons. The van der Waals surface area contributed by atoms with E-state index in [1.54, 1.807) is 12.4 Å². The third kappa shape index (κ3) is 3.15. The number of rotatable bonds is 5. The highest BCUT2D eigenvalue weighted by molar-refractivity contribution is 5.87. The largest absolute Gasteiger partial charge is 0.478 e. The summed E-state index contributed by atoms with van der Waals surface area (Å²) in [6, 6.07) is 5.16. The maximum atomic E-state index is 10.6. The molecule has 17 heavy (non-hydrogen) atoms. The quantitative estimate of drug-likeness (QED) is 0.856. The molecular formula is C12H11NO4. The first kappa shape index (κ1) is 11.3. The standard InChI is InChI=1S/C12H11NO4/c14-12(15)10-5-11(17-7-10)8-16-6-9-1-3-13-4-2-9/h1-5,7H,6,8H2,(H,14,15). The molecule has 2 aromatic heterocycles. The van der Waals surface area contributed by atoms with Gasteiger partial charge in [-0.3, -0.25) is 4.98 Å². The van der Waals surface area contributed by atoms with Gasteiger partial charge < -0.3 is 14.3 Å². The number of aromatic carboxylic acids is 1. The Balaban J connectivity index is 1.84. The number of pyridine rings is 1. The van der Waals surface area contributed by atoms with Gasteiger partial charge in [0.05, 0.1) is 12.2 Å². The molecule has 0 fully saturated rings. The number of furan rings is 1. The van der Waals surface area contributed by atoms with Crippen molar-refractivity contribution in [2.24, 2.45) is 0 Å². The number of carboxylic acids is 1. The lowest BCUT2D eigenvalue weighted by molar-refractivity contribution is 0.0696. The van der Waals surface area contributed by atoms with Gasteiger partial charge in [-0.2, -0.15) is 0 Å². The Kier molecular flexibility index (Phi) is 3.52. The second-order valence-corrected chi connectivity index (χ2v) is 3.46. The van der Waals surface area contributed by atoms with E-state index in [0.29, 0.717) is 12.4 Å². The smallest absolute Gasteiger partial charge is 0.338 e. The van der Waals surface area contributed by atoms with E-state index in [-0.39, 0.29) is 12.2 Å². The summed E-state index contributed by atoms with van der Waals surface area (Å²) in [5.41, 5.74) is 1.14. The minimum Gasteiger partial charge on any atom is -0.478 e. The van der Waals surface area contributed by atoms with Crippen molar-refractivity contribution in [3.8, 4) is 0 Å². The summed E-state index contributed by atoms with van der Waals surface area (Å²) in [6.07, 6.45) is 4.58. The summed E-state index contributed by atoms with van der Waals surface area (Å²) in [4.78, 5) is 14.5. The van der Waals surface area contributed by atoms with Crippen LogP contribution in [0.25, 0.3) is 0 Å². The molecule has 0 unspecified atom stereocenters. The molecule has 0 atom stereocenters. The Morgan fingerprint density at radius 2 is 2.12 bits per heavy atom. The SMILES string of the molecule is O=C(O)c1coc(COCc2ccncc2)c1. The monoisotopic (exact) mass is 233 g/mol. The molecule has 88 valence electrons. The van der Waals surface area contributed by atoms with Gasteiger partial charge in [0.15, 0.2) is 0 Å². The molecule has 5 nitrogen and oxygen atoms in total. The fraction of sp³-hybridized carbons (Fsp3) is 0.167. The van der Waals surface area contributed by atoms with Crippen LogP contribution < -0.4 is 0 Å². The van der Waals surface area contributed by atoms with Crippen LogP contribution in [0.4, 0.5) is 0 Å². The van der Waals surface area contributed by atoms with Crippen molar-refractivity contribution in [3.05, 3.63) is 53.7 Å². The number of carbonyl (C=O) groups is 1. The minimum absolute atomic E-state index is 0.132. The molecule has 0 saturated carbocycles. The third-order valence-electron chi connectivity index (χ3n) is 2.16. The van der Waals surface area contributed by atoms with E-state index in [1.165, 1.54) is 12.3 Å². The Bertz CT molecular complexity index is 492. The van der Waals surface area contributed by atoms with Crippen molar-refractivity contribution in [2.75, 3.05) is 0 Å². The first-order valence-corrected chi connectivity index (χ1v) is 5.03. The van der Waals surface area contributed by atoms with E-state index >= 15 is 0 Å². The Hall–Kier alpha value is -2.14. The zero-order chi connectivity index (χ0) is 12.1. The third-order valence-corrected chi connectivity index (χ3v) is 2.16. The van der Waals surface area contributed by atoms with Gasteiger partial charge in [0, 0.05) is 12.4 Å². The highest BCUT2D eigenvalue weighted by Gasteiger charge is 2.07. The summed E-state index contributed by atoms with van der Waals surface area (Å²) >= 11 is 0. The van der Waals surface area contributed by atoms with Crippen LogP contribution in [0.1, 0.15) is 21.7 Å². The van der Waals surface area contributed by atoms with Crippen molar-refractivity contribution in [1.29, 1.82) is 0 Å². The van der Waals surface area contributed by atoms with Crippen molar-refractivity contribution in [1.82, 2.24) is 4.98 Å². The van der Waals surface area contributed by atoms with E-state index in [1.807, 2.05) is 12.1 Å². The normalized spacial score (nSPS) is 10.4. The number of hydrogen-bond acceptors (Lipinski definition) is 4. The average Bonchev–Trinajstić information content (AvgIpc) is 2.79. The highest BCUT2D eigenvalue weighted by Crippen LogP contribution is 2.10. The lowest BCUT2D eigenvalue weighted by Crippen LogP contribution is -1.94. The first-order valence-electron chi connectivity index (χ1n) is 5.03. The second kappa shape index (κ2) is 5.27. The van der Waals surface area contributed by atoms with Crippen LogP contribution in [-0.2, 0) is 18.0 Å². The van der Waals surface area contributed by atoms with Crippen LogP contribution in [-0.4, -0.2) is 16.1 Å². The van der Waals surface area contributed by atoms with Crippen LogP contribution in [0.3, 0.4) is 0 Å². The molecule has 2 rings (SSSR count). The molecular weight excluding hydrogens is 222 g/mol. The van der Waals surface area contributed by atoms with Gasteiger partial charge >= 0.3 is 5.97 Å². The van der Waals surface area contributed by atoms with Crippen molar-refractivity contribution in [2.45, 2.75) is 13.2 Å². The zero-order valence-electron chi connectivity index (χ0n) is 9.00. The molecule has 0 aliphatic rings. The molecule has 0 bridgehead atoms. The van der Waals surface area contributed by atoms with E-state index in [4.69, 9.17) is 14.3 Å². The predicted molar refractivity (Wildman–Crippen MR) is 58.4 cm³/mol. The summed E-state index contributed by atoms with van der Waals surface area (Å²) in [7, 11) is 0. The fourth-order valence-electron chi connectivity index (χ4n) is 1.32. The fourth-order valence-corrected chi connectivity index (χ4v) is 1.32. The van der Waals surface area contributed by atoms with Crippen LogP contribution in [0, 0.1) is 0 Å². The Morgan fingerprint density at radius 3 is 2.76 bits per heavy atom. The van der Waals surface area contributed by atoms with E-state index in [2.05, 4.69) is 4.98 Å². The molecule has 0 aliphatic heterocycles. The lowest BCUT2D eigenvalue weighted by atomic mass is 10.3. The topological polar surface area (TPSA) is 72.6 Å². The van der Waals surface area contributed by atoms with Crippen LogP contribution in [0.2, 0.25) is 0 Å². The van der Waals surface area contributed by atoms with E-state index in [9.17, 15) is 4.79 Å². The molecule has 2 heterocycles. The molecule has 2 aromatic rings. The van der Waals surface area contributed by atoms with Gasteiger partial charge in [-0.1, -0.05) is 0 Å². The van der Waals surface area contributed by atoms with Gasteiger partial charge in [-0.05, 0) is 23.8 Å². The second-order valence-electron chi connectivity index (χ2n) is 3.46. The first-order chi connectivity index (χ1) is 8.25. The van der Waals surface area contributed by atoms with Crippen molar-refractivity contribution in [3.63, 3.8) is 0 Å². The number of nitrogens with zero attached hydrogens (tertiary/aromatic N) is 1. The minimum atomic E-state index is -1.01. The van der Waals surface area contributed by atoms with Gasteiger partial charge in [0.2, 0.25) is 0 Å². The van der Waals surface area contributed by atoms with Crippen molar-refractivity contribution >= 4 is 5.97 Å². The van der Waals surface area contributed by atoms with Gasteiger partial charge in [0.1, 0.15) is 18.6 Å². The summed E-state index contributed by atoms with van der Waals surface area (Å²) in [6.45, 7) is 0.682. The van der Waals surface area contributed by atoms with Gasteiger partial charge in [-0.15, -0.1) is 0 Å². The van der Waals surface area contributed by atoms with E-state index in [0.717, 1.165) is 5.56 Å². The van der Waals surface area contributed by atoms with Crippen molar-refractivity contribution < 1.29 is 19.1 Å². The summed E-state index contributed by atoms with van der Waals surface area (Å²) < 4.78 is 10.4. The van der Waals surface area contributed by atoms with Gasteiger partial charge in [0.25, 0.3) is 0 Å². The Labute approximate surface area is 97.7 Å². The Morgan fingerprint density at radius 1 is 1.35 bits per heavy atom. The maximum Gasteiger partial charge on any atom is 0.338 e. The number of ether oxygens (including phenoxy) is 1. The molecule has 1 N–H and O–H groups in total. The highest BCUT2D eigenvalue weighted by atomic mass is 16.5. The summed E-state index contributed by atoms with van der Waals surface area (Å²) in [5.74, 6) is -0.509. The molecule has 0 aliphatic carbocycles. The van der Waals surface area contributed by atoms with Crippen LogP contribution in [0.5, 0.6) is 0 Å². The number of aromatic nitrogens is 1. The number of hydrogen-bond donors (Lipinski definition) is 1. The van der Waals surface area contributed by atoms with Crippen LogP contribution in [0.15, 0.2) is 41.3 Å². The molecule has 0 amide bonds. The van der Waals surface area contributed by atoms with Crippen LogP contribution >= 0.6 is 0 Å². The zero-order valence-corrected chi connectivity index (χ0v) is 9.00. The average molecular weight is 233 g/mol. The maximum absolute atomic E-state index is 10.6. The van der Waals surface area contributed by atoms with Gasteiger partial charge in [-0.25, -0.2) is 4.79 Å². The summed E-state index contributed by atoms with van der Waals surface area (Å²) in [5, 5.41) is 8.69. The molecule has 5 heteroatoms. The lowest BCUT2D eigenvalue weighted by Gasteiger charge is -2.01. The molecule has 0 aromatic carbocycles. The predicted octanol–water partition coefficient (Wildman–Crippen LogP) is 2.09.